The van der Waals surface area contributed by atoms with Crippen molar-refractivity contribution in [3.63, 3.8) is 0 Å². The van der Waals surface area contributed by atoms with Crippen LogP contribution in [0, 0.1) is 0 Å². The fourth-order valence-corrected chi connectivity index (χ4v) is 8.97. The largest absolute Gasteiger partial charge is 0.462 e. The Morgan fingerprint density at radius 1 is 0.263 bits per heavy atom. The van der Waals surface area contributed by atoms with Gasteiger partial charge in [0.25, 0.3) is 0 Å². The first-order valence-corrected chi connectivity index (χ1v) is 33.2. The summed E-state index contributed by atoms with van der Waals surface area (Å²) in [5.74, 6) is -0.908. The molecular weight excluding hydrogens is 985 g/mol. The first kappa shape index (κ1) is 75.5. The highest BCUT2D eigenvalue weighted by Gasteiger charge is 2.19. The maximum Gasteiger partial charge on any atom is 0.306 e. The molecule has 0 fully saturated rings. The Balaban J connectivity index is 4.25. The van der Waals surface area contributed by atoms with Crippen molar-refractivity contribution < 1.29 is 28.6 Å². The topological polar surface area (TPSA) is 78.9 Å². The van der Waals surface area contributed by atoms with Crippen LogP contribution < -0.4 is 0 Å². The summed E-state index contributed by atoms with van der Waals surface area (Å²) in [7, 11) is 0. The molecule has 0 radical (unpaired) electrons. The van der Waals surface area contributed by atoms with E-state index in [2.05, 4.69) is 154 Å². The van der Waals surface area contributed by atoms with E-state index in [9.17, 15) is 14.4 Å². The number of allylic oxidation sites excluding steroid dienone is 22. The number of unbranched alkanes of at least 4 members (excludes halogenated alkanes) is 26. The molecule has 0 aromatic rings. The highest BCUT2D eigenvalue weighted by Crippen LogP contribution is 2.16. The Labute approximate surface area is 494 Å². The number of hydrogen-bond acceptors (Lipinski definition) is 6. The molecule has 0 aliphatic carbocycles. The molecule has 80 heavy (non-hydrogen) atoms. The van der Waals surface area contributed by atoms with Gasteiger partial charge in [-0.25, -0.2) is 0 Å². The number of rotatable bonds is 59. The standard InChI is InChI=1S/C74H122O6/c1-4-7-10-13-16-19-22-24-26-28-30-32-34-35-36-37-38-39-41-42-44-46-48-50-52-55-58-61-64-67-73(76)79-70-71(69-78-72(75)66-63-60-57-54-21-18-15-12-9-6-3)80-74(77)68-65-62-59-56-53-51-49-47-45-43-40-33-31-29-27-25-23-20-17-14-11-8-5-2/h7-8,10-12,15-17,19-20,24-27,30-33,35-36,43,45,71H,4-6,9,13-14,18,21-23,28-29,34,37-42,44,46-70H2,1-3H3/b10-7-,11-8-,15-12-,19-16-,20-17-,26-24-,27-25-,32-30-,33-31-,36-35-,45-43-. The van der Waals surface area contributed by atoms with Gasteiger partial charge in [0.05, 0.1) is 0 Å². The van der Waals surface area contributed by atoms with Gasteiger partial charge in [0, 0.05) is 19.3 Å². The van der Waals surface area contributed by atoms with E-state index in [1.54, 1.807) is 0 Å². The first-order valence-electron chi connectivity index (χ1n) is 33.2. The van der Waals surface area contributed by atoms with Gasteiger partial charge in [-0.05, 0) is 128 Å². The number of ether oxygens (including phenoxy) is 3. The third-order valence-electron chi connectivity index (χ3n) is 13.9. The van der Waals surface area contributed by atoms with Crippen LogP contribution in [-0.2, 0) is 28.6 Å². The summed E-state index contributed by atoms with van der Waals surface area (Å²) >= 11 is 0. The molecule has 0 aromatic heterocycles. The molecule has 6 nitrogen and oxygen atoms in total. The molecule has 0 aliphatic heterocycles. The Kier molecular flexibility index (Phi) is 63.3. The first-order chi connectivity index (χ1) is 39.5. The lowest BCUT2D eigenvalue weighted by Crippen LogP contribution is -2.30. The van der Waals surface area contributed by atoms with Crippen molar-refractivity contribution in [1.82, 2.24) is 0 Å². The average Bonchev–Trinajstić information content (AvgIpc) is 3.46. The number of carbonyl (C=O) groups is 3. The summed E-state index contributed by atoms with van der Waals surface area (Å²) in [6.07, 6.45) is 94.7. The van der Waals surface area contributed by atoms with Gasteiger partial charge in [0.15, 0.2) is 6.10 Å². The van der Waals surface area contributed by atoms with Crippen LogP contribution in [0.5, 0.6) is 0 Å². The molecule has 0 saturated heterocycles. The van der Waals surface area contributed by atoms with Crippen molar-refractivity contribution in [2.75, 3.05) is 13.2 Å². The number of hydrogen-bond donors (Lipinski definition) is 0. The molecule has 0 N–H and O–H groups in total. The van der Waals surface area contributed by atoms with Crippen LogP contribution in [0.2, 0.25) is 0 Å². The highest BCUT2D eigenvalue weighted by atomic mass is 16.6. The fourth-order valence-electron chi connectivity index (χ4n) is 8.97. The summed E-state index contributed by atoms with van der Waals surface area (Å²) in [4.78, 5) is 38.3. The molecule has 0 heterocycles. The monoisotopic (exact) mass is 1110 g/mol. The van der Waals surface area contributed by atoms with Crippen molar-refractivity contribution in [3.8, 4) is 0 Å². The minimum atomic E-state index is -0.792. The second-order valence-electron chi connectivity index (χ2n) is 21.6. The van der Waals surface area contributed by atoms with Gasteiger partial charge >= 0.3 is 17.9 Å². The van der Waals surface area contributed by atoms with Crippen LogP contribution >= 0.6 is 0 Å². The average molecular weight is 1110 g/mol. The Morgan fingerprint density at radius 3 is 0.775 bits per heavy atom. The Hall–Kier alpha value is -4.45. The zero-order valence-corrected chi connectivity index (χ0v) is 52.0. The molecule has 454 valence electrons. The predicted octanol–water partition coefficient (Wildman–Crippen LogP) is 22.9. The summed E-state index contributed by atoms with van der Waals surface area (Å²) in [6.45, 7) is 6.35. The maximum atomic E-state index is 12.9. The zero-order chi connectivity index (χ0) is 57.8. The molecule has 0 aromatic carbocycles. The molecular formula is C74H122O6. The van der Waals surface area contributed by atoms with Crippen molar-refractivity contribution >= 4 is 17.9 Å². The quantitative estimate of drug-likeness (QED) is 0.0261. The van der Waals surface area contributed by atoms with Gasteiger partial charge in [0.1, 0.15) is 13.2 Å². The summed E-state index contributed by atoms with van der Waals surface area (Å²) in [5, 5.41) is 0. The second-order valence-corrected chi connectivity index (χ2v) is 21.6. The molecule has 1 unspecified atom stereocenters. The zero-order valence-electron chi connectivity index (χ0n) is 52.0. The fraction of sp³-hybridized carbons (Fsp3) is 0.662. The van der Waals surface area contributed by atoms with Crippen LogP contribution in [0.15, 0.2) is 134 Å². The minimum absolute atomic E-state index is 0.0880. The van der Waals surface area contributed by atoms with E-state index < -0.39 is 6.10 Å². The van der Waals surface area contributed by atoms with E-state index in [-0.39, 0.29) is 31.1 Å². The van der Waals surface area contributed by atoms with Crippen LogP contribution in [0.3, 0.4) is 0 Å². The SMILES string of the molecule is CC/C=C\C/C=C\C/C=C\C/C=C\C/C=C\CCCCCCCCCCCCCCCC(=O)OCC(COC(=O)CCCCCCC/C=C\CCC)OC(=O)CCCCCCCCC/C=C\C/C=C\C/C=C\C/C=C\C/C=C\CC. The summed E-state index contributed by atoms with van der Waals surface area (Å²) in [6, 6.07) is 0. The number of carbonyl (C=O) groups excluding carboxylic acids is 3. The second kappa shape index (κ2) is 67.1. The molecule has 0 aliphatic rings. The van der Waals surface area contributed by atoms with E-state index in [0.717, 1.165) is 148 Å². The van der Waals surface area contributed by atoms with E-state index >= 15 is 0 Å². The predicted molar refractivity (Wildman–Crippen MR) is 348 cm³/mol. The van der Waals surface area contributed by atoms with Gasteiger partial charge in [-0.15, -0.1) is 0 Å². The van der Waals surface area contributed by atoms with Crippen LogP contribution in [0.1, 0.15) is 297 Å². The van der Waals surface area contributed by atoms with Crippen LogP contribution in [0.4, 0.5) is 0 Å². The van der Waals surface area contributed by atoms with Gasteiger partial charge in [-0.2, -0.15) is 0 Å². The van der Waals surface area contributed by atoms with Crippen molar-refractivity contribution in [1.29, 1.82) is 0 Å². The van der Waals surface area contributed by atoms with Crippen molar-refractivity contribution in [3.05, 3.63) is 134 Å². The lowest BCUT2D eigenvalue weighted by atomic mass is 10.0. The van der Waals surface area contributed by atoms with Gasteiger partial charge in [-0.1, -0.05) is 283 Å². The minimum Gasteiger partial charge on any atom is -0.462 e. The highest BCUT2D eigenvalue weighted by molar-refractivity contribution is 5.71. The van der Waals surface area contributed by atoms with E-state index in [4.69, 9.17) is 14.2 Å². The third kappa shape index (κ3) is 64.4. The van der Waals surface area contributed by atoms with Gasteiger partial charge in [0.2, 0.25) is 0 Å². The summed E-state index contributed by atoms with van der Waals surface area (Å²) < 4.78 is 16.9. The number of esters is 3. The molecule has 0 rings (SSSR count). The van der Waals surface area contributed by atoms with Gasteiger partial charge in [-0.3, -0.25) is 14.4 Å². The molecule has 0 bridgehead atoms. The normalized spacial score (nSPS) is 13.0. The molecule has 0 saturated carbocycles. The van der Waals surface area contributed by atoms with E-state index in [1.165, 1.54) is 109 Å². The summed E-state index contributed by atoms with van der Waals surface area (Å²) in [5.41, 5.74) is 0. The molecule has 6 heteroatoms. The van der Waals surface area contributed by atoms with E-state index in [0.29, 0.717) is 19.3 Å². The molecule has 1 atom stereocenters. The van der Waals surface area contributed by atoms with Crippen molar-refractivity contribution in [2.45, 2.75) is 303 Å². The van der Waals surface area contributed by atoms with Crippen LogP contribution in [0.25, 0.3) is 0 Å². The molecule has 0 amide bonds. The van der Waals surface area contributed by atoms with Crippen LogP contribution in [-0.4, -0.2) is 37.2 Å². The lowest BCUT2D eigenvalue weighted by molar-refractivity contribution is -0.167. The van der Waals surface area contributed by atoms with Crippen molar-refractivity contribution in [2.24, 2.45) is 0 Å². The maximum absolute atomic E-state index is 12.9. The Morgan fingerprint density at radius 2 is 0.487 bits per heavy atom. The molecule has 0 spiro atoms. The Bertz CT molecular complexity index is 1700. The van der Waals surface area contributed by atoms with Gasteiger partial charge < -0.3 is 14.2 Å². The smallest absolute Gasteiger partial charge is 0.306 e. The lowest BCUT2D eigenvalue weighted by Gasteiger charge is -2.18. The van der Waals surface area contributed by atoms with E-state index in [1.807, 2.05) is 0 Å². The third-order valence-corrected chi connectivity index (χ3v) is 13.9.